The summed E-state index contributed by atoms with van der Waals surface area (Å²) in [4.78, 5) is 2.78. The minimum atomic E-state index is 0.627. The molecule has 0 bridgehead atoms. The van der Waals surface area contributed by atoms with Crippen LogP contribution in [0, 0.1) is 0 Å². The van der Waals surface area contributed by atoms with E-state index in [0.717, 1.165) is 6.04 Å². The van der Waals surface area contributed by atoms with Crippen molar-refractivity contribution in [3.63, 3.8) is 0 Å². The van der Waals surface area contributed by atoms with Gasteiger partial charge in [-0.25, -0.2) is 0 Å². The zero-order valence-electron chi connectivity index (χ0n) is 12.6. The molecule has 1 aromatic carbocycles. The zero-order valence-corrected chi connectivity index (χ0v) is 12.6. The average Bonchev–Trinajstić information content (AvgIpc) is 2.75. The van der Waals surface area contributed by atoms with Gasteiger partial charge >= 0.3 is 0 Å². The van der Waals surface area contributed by atoms with Gasteiger partial charge in [0.05, 0.1) is 0 Å². The highest BCUT2D eigenvalue weighted by Gasteiger charge is 2.25. The van der Waals surface area contributed by atoms with Gasteiger partial charge in [-0.05, 0) is 44.3 Å². The van der Waals surface area contributed by atoms with E-state index in [9.17, 15) is 0 Å². The molecule has 1 unspecified atom stereocenters. The summed E-state index contributed by atoms with van der Waals surface area (Å²) in [5, 5.41) is 3.76. The highest BCUT2D eigenvalue weighted by molar-refractivity contribution is 5.16. The van der Waals surface area contributed by atoms with Gasteiger partial charge in [0.1, 0.15) is 0 Å². The van der Waals surface area contributed by atoms with Crippen molar-refractivity contribution in [1.29, 1.82) is 0 Å². The van der Waals surface area contributed by atoms with Crippen molar-refractivity contribution in [3.8, 4) is 0 Å². The Morgan fingerprint density at radius 3 is 2.60 bits per heavy atom. The zero-order chi connectivity index (χ0) is 13.6. The Bertz CT molecular complexity index is 384. The van der Waals surface area contributed by atoms with Gasteiger partial charge < -0.3 is 5.32 Å². The average molecular weight is 272 g/mol. The maximum absolute atomic E-state index is 3.76. The van der Waals surface area contributed by atoms with Crippen LogP contribution in [-0.4, -0.2) is 36.6 Å². The van der Waals surface area contributed by atoms with Crippen molar-refractivity contribution in [2.45, 2.75) is 57.0 Å². The Morgan fingerprint density at radius 1 is 1.00 bits per heavy atom. The lowest BCUT2D eigenvalue weighted by atomic mass is 9.93. The van der Waals surface area contributed by atoms with Crippen molar-refractivity contribution in [2.75, 3.05) is 19.6 Å². The van der Waals surface area contributed by atoms with E-state index in [4.69, 9.17) is 0 Å². The Balaban J connectivity index is 1.59. The van der Waals surface area contributed by atoms with Crippen LogP contribution in [0.5, 0.6) is 0 Å². The second kappa shape index (κ2) is 7.24. The number of nitrogens with one attached hydrogen (secondary N) is 1. The summed E-state index contributed by atoms with van der Waals surface area (Å²) in [7, 11) is 0. The van der Waals surface area contributed by atoms with E-state index in [1.54, 1.807) is 0 Å². The van der Waals surface area contributed by atoms with Crippen LogP contribution in [0.3, 0.4) is 0 Å². The van der Waals surface area contributed by atoms with E-state index in [1.807, 2.05) is 0 Å². The molecule has 0 aromatic heterocycles. The summed E-state index contributed by atoms with van der Waals surface area (Å²) in [5.41, 5.74) is 1.47. The molecule has 0 amide bonds. The second-order valence-electron chi connectivity index (χ2n) is 6.48. The standard InChI is InChI=1S/C18H28N2/c1-3-8-16(9-4-1)14-17-15-20(13-7-12-19-17)18-10-5-2-6-11-18/h1,3-4,8-9,17-19H,2,5-7,10-15H2. The van der Waals surface area contributed by atoms with Crippen LogP contribution in [0.1, 0.15) is 44.1 Å². The second-order valence-corrected chi connectivity index (χ2v) is 6.48. The van der Waals surface area contributed by atoms with Crippen molar-refractivity contribution < 1.29 is 0 Å². The molecular weight excluding hydrogens is 244 g/mol. The number of nitrogens with zero attached hydrogens (tertiary/aromatic N) is 1. The fourth-order valence-corrected chi connectivity index (χ4v) is 3.84. The van der Waals surface area contributed by atoms with Crippen LogP contribution in [0.2, 0.25) is 0 Å². The molecule has 2 heteroatoms. The largest absolute Gasteiger partial charge is 0.312 e. The van der Waals surface area contributed by atoms with E-state index in [1.165, 1.54) is 70.1 Å². The lowest BCUT2D eigenvalue weighted by Gasteiger charge is -2.35. The van der Waals surface area contributed by atoms with Crippen LogP contribution < -0.4 is 5.32 Å². The van der Waals surface area contributed by atoms with Crippen molar-refractivity contribution in [2.24, 2.45) is 0 Å². The molecule has 1 saturated heterocycles. The number of rotatable bonds is 3. The third-order valence-electron chi connectivity index (χ3n) is 4.93. The van der Waals surface area contributed by atoms with Gasteiger partial charge in [-0.2, -0.15) is 0 Å². The van der Waals surface area contributed by atoms with Crippen LogP contribution in [0.15, 0.2) is 30.3 Å². The predicted molar refractivity (Wildman–Crippen MR) is 85.0 cm³/mol. The predicted octanol–water partition coefficient (Wildman–Crippen LogP) is 3.23. The monoisotopic (exact) mass is 272 g/mol. The number of hydrogen-bond donors (Lipinski definition) is 1. The van der Waals surface area contributed by atoms with Gasteiger partial charge in [0, 0.05) is 18.6 Å². The van der Waals surface area contributed by atoms with Gasteiger partial charge in [-0.3, -0.25) is 4.90 Å². The Morgan fingerprint density at radius 2 is 1.80 bits per heavy atom. The molecule has 110 valence electrons. The first kappa shape index (κ1) is 14.1. The molecule has 1 saturated carbocycles. The fraction of sp³-hybridized carbons (Fsp3) is 0.667. The molecule has 2 nitrogen and oxygen atoms in total. The molecule has 1 heterocycles. The first-order chi connectivity index (χ1) is 9.92. The molecule has 3 rings (SSSR count). The summed E-state index contributed by atoms with van der Waals surface area (Å²) in [6, 6.07) is 12.4. The maximum atomic E-state index is 3.76. The molecule has 1 atom stereocenters. The minimum Gasteiger partial charge on any atom is -0.312 e. The minimum absolute atomic E-state index is 0.627. The van der Waals surface area contributed by atoms with Gasteiger partial charge in [0.25, 0.3) is 0 Å². The quantitative estimate of drug-likeness (QED) is 0.909. The SMILES string of the molecule is c1ccc(CC2CN(C3CCCCC3)CCCN2)cc1. The van der Waals surface area contributed by atoms with E-state index in [-0.39, 0.29) is 0 Å². The molecule has 0 spiro atoms. The van der Waals surface area contributed by atoms with Gasteiger partial charge in [0.2, 0.25) is 0 Å². The number of hydrogen-bond acceptors (Lipinski definition) is 2. The highest BCUT2D eigenvalue weighted by atomic mass is 15.2. The topological polar surface area (TPSA) is 15.3 Å². The summed E-state index contributed by atoms with van der Waals surface area (Å²) in [5.74, 6) is 0. The maximum Gasteiger partial charge on any atom is 0.0235 e. The third kappa shape index (κ3) is 3.83. The van der Waals surface area contributed by atoms with E-state index in [2.05, 4.69) is 40.5 Å². The molecule has 1 N–H and O–H groups in total. The molecule has 0 radical (unpaired) electrons. The van der Waals surface area contributed by atoms with Crippen LogP contribution in [0.4, 0.5) is 0 Å². The fourth-order valence-electron chi connectivity index (χ4n) is 3.84. The summed E-state index contributed by atoms with van der Waals surface area (Å²) >= 11 is 0. The van der Waals surface area contributed by atoms with Crippen LogP contribution in [0.25, 0.3) is 0 Å². The van der Waals surface area contributed by atoms with Gasteiger partial charge in [-0.1, -0.05) is 49.6 Å². The van der Waals surface area contributed by atoms with E-state index < -0.39 is 0 Å². The molecule has 2 fully saturated rings. The lowest BCUT2D eigenvalue weighted by molar-refractivity contribution is 0.153. The summed E-state index contributed by atoms with van der Waals surface area (Å²) in [6.45, 7) is 3.71. The Labute approximate surface area is 123 Å². The van der Waals surface area contributed by atoms with Gasteiger partial charge in [0.15, 0.2) is 0 Å². The Hall–Kier alpha value is -0.860. The normalized spacial score (nSPS) is 26.3. The molecule has 1 aliphatic carbocycles. The summed E-state index contributed by atoms with van der Waals surface area (Å²) in [6.07, 6.45) is 9.67. The molecule has 1 aromatic rings. The van der Waals surface area contributed by atoms with Crippen molar-refractivity contribution in [1.82, 2.24) is 10.2 Å². The Kier molecular flexibility index (Phi) is 5.10. The van der Waals surface area contributed by atoms with Gasteiger partial charge in [-0.15, -0.1) is 0 Å². The highest BCUT2D eigenvalue weighted by Crippen LogP contribution is 2.24. The van der Waals surface area contributed by atoms with E-state index >= 15 is 0 Å². The molecule has 2 aliphatic rings. The van der Waals surface area contributed by atoms with Crippen molar-refractivity contribution >= 4 is 0 Å². The lowest BCUT2D eigenvalue weighted by Crippen LogP contribution is -2.44. The molecule has 20 heavy (non-hydrogen) atoms. The third-order valence-corrected chi connectivity index (χ3v) is 4.93. The first-order valence-electron chi connectivity index (χ1n) is 8.43. The molecule has 1 aliphatic heterocycles. The van der Waals surface area contributed by atoms with Crippen molar-refractivity contribution in [3.05, 3.63) is 35.9 Å². The number of benzene rings is 1. The van der Waals surface area contributed by atoms with E-state index in [0.29, 0.717) is 6.04 Å². The van der Waals surface area contributed by atoms with Crippen LogP contribution in [-0.2, 0) is 6.42 Å². The molecular formula is C18H28N2. The summed E-state index contributed by atoms with van der Waals surface area (Å²) < 4.78 is 0. The van der Waals surface area contributed by atoms with Crippen LogP contribution >= 0.6 is 0 Å². The first-order valence-corrected chi connectivity index (χ1v) is 8.43. The smallest absolute Gasteiger partial charge is 0.0235 e.